The molecule has 1 rings (SSSR count). The molecule has 3 nitrogen and oxygen atoms in total. The van der Waals surface area contributed by atoms with E-state index in [0.29, 0.717) is 5.92 Å². The summed E-state index contributed by atoms with van der Waals surface area (Å²) in [5, 5.41) is 0. The van der Waals surface area contributed by atoms with Gasteiger partial charge in [0.1, 0.15) is 0 Å². The van der Waals surface area contributed by atoms with E-state index in [4.69, 9.17) is 4.74 Å². The number of carbonyl (C=O) groups excluding carboxylic acids is 1. The third kappa shape index (κ3) is 1.64. The molecule has 3 heteroatoms. The van der Waals surface area contributed by atoms with Gasteiger partial charge in [0, 0.05) is 12.1 Å². The third-order valence-corrected chi connectivity index (χ3v) is 3.32. The topological polar surface area (TPSA) is 29.5 Å². The Morgan fingerprint density at radius 2 is 2.15 bits per heavy atom. The van der Waals surface area contributed by atoms with Gasteiger partial charge in [0.2, 0.25) is 0 Å². The Balaban J connectivity index is 2.79. The van der Waals surface area contributed by atoms with E-state index in [2.05, 4.69) is 20.8 Å². The van der Waals surface area contributed by atoms with Crippen LogP contribution < -0.4 is 0 Å². The van der Waals surface area contributed by atoms with Gasteiger partial charge in [-0.05, 0) is 25.7 Å². The van der Waals surface area contributed by atoms with Gasteiger partial charge < -0.3 is 9.64 Å². The first kappa shape index (κ1) is 10.4. The van der Waals surface area contributed by atoms with Crippen molar-refractivity contribution in [2.75, 3.05) is 13.7 Å². The molecule has 0 aromatic rings. The largest absolute Gasteiger partial charge is 0.453 e. The number of likely N-dealkylation sites (tertiary alicyclic amines) is 1. The maximum atomic E-state index is 11.4. The Bertz CT molecular complexity index is 203. The van der Waals surface area contributed by atoms with Crippen molar-refractivity contribution in [3.8, 4) is 0 Å². The smallest absolute Gasteiger partial charge is 0.409 e. The van der Waals surface area contributed by atoms with E-state index >= 15 is 0 Å². The minimum absolute atomic E-state index is 0.00685. The van der Waals surface area contributed by atoms with Crippen molar-refractivity contribution in [2.45, 2.75) is 39.2 Å². The highest BCUT2D eigenvalue weighted by Crippen LogP contribution is 2.35. The Kier molecular flexibility index (Phi) is 2.84. The Morgan fingerprint density at radius 3 is 2.62 bits per heavy atom. The molecule has 1 saturated heterocycles. The van der Waals surface area contributed by atoms with Crippen LogP contribution in [0, 0.1) is 5.92 Å². The third-order valence-electron chi connectivity index (χ3n) is 3.32. The fraction of sp³-hybridized carbons (Fsp3) is 0.900. The highest BCUT2D eigenvalue weighted by Gasteiger charge is 2.42. The predicted octanol–water partition coefficient (Wildman–Crippen LogP) is 2.26. The van der Waals surface area contributed by atoms with Crippen LogP contribution in [0.1, 0.15) is 33.6 Å². The van der Waals surface area contributed by atoms with Gasteiger partial charge in [0.05, 0.1) is 7.11 Å². The number of methoxy groups -OCH3 is 1. The van der Waals surface area contributed by atoms with Crippen molar-refractivity contribution < 1.29 is 9.53 Å². The van der Waals surface area contributed by atoms with Gasteiger partial charge in [0.15, 0.2) is 0 Å². The Hall–Kier alpha value is -0.730. The number of hydrogen-bond acceptors (Lipinski definition) is 2. The van der Waals surface area contributed by atoms with Crippen LogP contribution >= 0.6 is 0 Å². The molecule has 0 radical (unpaired) electrons. The molecule has 1 heterocycles. The van der Waals surface area contributed by atoms with Crippen LogP contribution in [-0.4, -0.2) is 30.2 Å². The van der Waals surface area contributed by atoms with Crippen molar-refractivity contribution in [1.29, 1.82) is 0 Å². The SMILES string of the molecule is COC(=O)N1CCC[C@@]1(C)C(C)C. The summed E-state index contributed by atoms with van der Waals surface area (Å²) in [5.41, 5.74) is -0.00685. The van der Waals surface area contributed by atoms with Crippen LogP contribution in [0.15, 0.2) is 0 Å². The summed E-state index contributed by atoms with van der Waals surface area (Å²) in [4.78, 5) is 13.3. The van der Waals surface area contributed by atoms with E-state index in [1.165, 1.54) is 7.11 Å². The minimum Gasteiger partial charge on any atom is -0.453 e. The van der Waals surface area contributed by atoms with Gasteiger partial charge in [-0.25, -0.2) is 4.79 Å². The molecule has 1 aliphatic rings. The summed E-state index contributed by atoms with van der Waals surface area (Å²) in [5.74, 6) is 0.481. The number of nitrogens with zero attached hydrogens (tertiary/aromatic N) is 1. The zero-order valence-corrected chi connectivity index (χ0v) is 8.96. The lowest BCUT2D eigenvalue weighted by Gasteiger charge is -2.37. The maximum absolute atomic E-state index is 11.4. The molecule has 0 aromatic heterocycles. The van der Waals surface area contributed by atoms with E-state index < -0.39 is 0 Å². The van der Waals surface area contributed by atoms with Crippen molar-refractivity contribution in [3.05, 3.63) is 0 Å². The maximum Gasteiger partial charge on any atom is 0.409 e. The van der Waals surface area contributed by atoms with Crippen LogP contribution in [0.25, 0.3) is 0 Å². The fourth-order valence-electron chi connectivity index (χ4n) is 2.00. The van der Waals surface area contributed by atoms with Gasteiger partial charge in [0.25, 0.3) is 0 Å². The number of hydrogen-bond donors (Lipinski definition) is 0. The van der Waals surface area contributed by atoms with E-state index in [0.717, 1.165) is 19.4 Å². The first-order valence-electron chi connectivity index (χ1n) is 4.88. The molecule has 0 bridgehead atoms. The molecule has 1 atom stereocenters. The molecular weight excluding hydrogens is 166 g/mol. The first-order valence-corrected chi connectivity index (χ1v) is 4.88. The van der Waals surface area contributed by atoms with E-state index in [9.17, 15) is 4.79 Å². The number of rotatable bonds is 1. The molecule has 1 amide bonds. The van der Waals surface area contributed by atoms with Gasteiger partial charge in [-0.1, -0.05) is 13.8 Å². The Labute approximate surface area is 80.1 Å². The molecule has 1 fully saturated rings. The van der Waals surface area contributed by atoms with Crippen molar-refractivity contribution in [3.63, 3.8) is 0 Å². The highest BCUT2D eigenvalue weighted by molar-refractivity contribution is 5.69. The van der Waals surface area contributed by atoms with Gasteiger partial charge in [-0.15, -0.1) is 0 Å². The second-order valence-electron chi connectivity index (χ2n) is 4.24. The summed E-state index contributed by atoms with van der Waals surface area (Å²) < 4.78 is 4.77. The molecule has 76 valence electrons. The van der Waals surface area contributed by atoms with Crippen molar-refractivity contribution in [2.24, 2.45) is 5.92 Å². The van der Waals surface area contributed by atoms with Crippen LogP contribution in [0.4, 0.5) is 4.79 Å². The van der Waals surface area contributed by atoms with Gasteiger partial charge in [-0.2, -0.15) is 0 Å². The zero-order chi connectivity index (χ0) is 10.1. The molecule has 0 saturated carbocycles. The summed E-state index contributed by atoms with van der Waals surface area (Å²) in [7, 11) is 1.45. The summed E-state index contributed by atoms with van der Waals surface area (Å²) in [6.07, 6.45) is 1.98. The van der Waals surface area contributed by atoms with E-state index in [-0.39, 0.29) is 11.6 Å². The molecule has 0 aliphatic carbocycles. The first-order chi connectivity index (χ1) is 6.02. The van der Waals surface area contributed by atoms with Crippen LogP contribution in [-0.2, 0) is 4.74 Å². The average molecular weight is 185 g/mol. The molecular formula is C10H19NO2. The molecule has 0 unspecified atom stereocenters. The number of carbonyl (C=O) groups is 1. The lowest BCUT2D eigenvalue weighted by atomic mass is 9.86. The molecule has 0 spiro atoms. The average Bonchev–Trinajstić information content (AvgIpc) is 2.47. The van der Waals surface area contributed by atoms with Crippen LogP contribution in [0.5, 0.6) is 0 Å². The molecule has 13 heavy (non-hydrogen) atoms. The highest BCUT2D eigenvalue weighted by atomic mass is 16.5. The van der Waals surface area contributed by atoms with Crippen LogP contribution in [0.2, 0.25) is 0 Å². The monoisotopic (exact) mass is 185 g/mol. The Morgan fingerprint density at radius 1 is 1.54 bits per heavy atom. The molecule has 0 N–H and O–H groups in total. The normalized spacial score (nSPS) is 28.2. The minimum atomic E-state index is -0.186. The lowest BCUT2D eigenvalue weighted by molar-refractivity contribution is 0.0721. The second-order valence-corrected chi connectivity index (χ2v) is 4.24. The van der Waals surface area contributed by atoms with E-state index in [1.807, 2.05) is 4.90 Å². The lowest BCUT2D eigenvalue weighted by Crippen LogP contribution is -2.48. The fourth-order valence-corrected chi connectivity index (χ4v) is 2.00. The summed E-state index contributed by atoms with van der Waals surface area (Å²) in [6, 6.07) is 0. The van der Waals surface area contributed by atoms with Crippen LogP contribution in [0.3, 0.4) is 0 Å². The zero-order valence-electron chi connectivity index (χ0n) is 8.96. The van der Waals surface area contributed by atoms with Gasteiger partial charge >= 0.3 is 6.09 Å². The predicted molar refractivity (Wildman–Crippen MR) is 51.6 cm³/mol. The van der Waals surface area contributed by atoms with E-state index in [1.54, 1.807) is 0 Å². The number of amides is 1. The summed E-state index contributed by atoms with van der Waals surface area (Å²) >= 11 is 0. The molecule has 1 aliphatic heterocycles. The quantitative estimate of drug-likeness (QED) is 0.627. The number of ether oxygens (including phenoxy) is 1. The second kappa shape index (κ2) is 3.56. The van der Waals surface area contributed by atoms with Gasteiger partial charge in [-0.3, -0.25) is 0 Å². The summed E-state index contributed by atoms with van der Waals surface area (Å²) in [6.45, 7) is 7.28. The standard InChI is InChI=1S/C10H19NO2/c1-8(2)10(3)6-5-7-11(10)9(12)13-4/h8H,5-7H2,1-4H3/t10-/m0/s1. The molecule has 0 aromatic carbocycles. The van der Waals surface area contributed by atoms with Crippen molar-refractivity contribution in [1.82, 2.24) is 4.90 Å². The van der Waals surface area contributed by atoms with Crippen molar-refractivity contribution >= 4 is 6.09 Å².